The molecule has 3 nitrogen and oxygen atoms in total. The minimum absolute atomic E-state index is 0.119. The van der Waals surface area contributed by atoms with Crippen molar-refractivity contribution in [1.29, 1.82) is 5.26 Å². The summed E-state index contributed by atoms with van der Waals surface area (Å²) >= 11 is 0. The molecule has 0 amide bonds. The fourth-order valence-electron chi connectivity index (χ4n) is 1.65. The first kappa shape index (κ1) is 17.9. The molecule has 1 rings (SSSR count). The molecule has 5 heteroatoms. The number of aldehydes is 1. The second-order valence-corrected chi connectivity index (χ2v) is 7.61. The van der Waals surface area contributed by atoms with E-state index in [4.69, 9.17) is 9.92 Å². The third kappa shape index (κ3) is 4.66. The Morgan fingerprint density at radius 3 is 2.57 bits per heavy atom. The Morgan fingerprint density at radius 2 is 2.05 bits per heavy atom. The molecular weight excluding hydrogens is 280 g/mol. The fraction of sp³-hybridized carbons (Fsp3) is 0.500. The maximum Gasteiger partial charge on any atom is 0.331 e. The first-order chi connectivity index (χ1) is 9.73. The Labute approximate surface area is 130 Å². The highest BCUT2D eigenvalue weighted by Crippen LogP contribution is 2.33. The van der Waals surface area contributed by atoms with Gasteiger partial charge in [-0.15, -0.1) is 9.24 Å². The number of nitrogens with zero attached hydrogens (tertiary/aromatic N) is 1. The molecule has 111 valence electrons. The van der Waals surface area contributed by atoms with E-state index in [2.05, 4.69) is 29.2 Å². The van der Waals surface area contributed by atoms with Crippen molar-refractivity contribution in [2.45, 2.75) is 51.3 Å². The number of hydrogen-bond acceptors (Lipinski definition) is 3. The van der Waals surface area contributed by atoms with Crippen LogP contribution in [0.4, 0.5) is 0 Å². The van der Waals surface area contributed by atoms with E-state index >= 15 is 0 Å². The van der Waals surface area contributed by atoms with Gasteiger partial charge in [0.2, 0.25) is 0 Å². The average Bonchev–Trinajstić information content (AvgIpc) is 2.41. The maximum absolute atomic E-state index is 11.2. The monoisotopic (exact) mass is 302 g/mol. The van der Waals surface area contributed by atoms with Gasteiger partial charge in [0.05, 0.1) is 11.7 Å². The standard InChI is InChI=1S/C16H22BNO2P/c1-15(2,16(3,4)21)20-17-14-12(9-6-10-18)7-5-8-13(14)11-19/h5,7-8,11H,6,9,21H2,1-4H3. The van der Waals surface area contributed by atoms with E-state index in [1.807, 2.05) is 26.0 Å². The van der Waals surface area contributed by atoms with Gasteiger partial charge >= 0.3 is 7.48 Å². The third-order valence-electron chi connectivity index (χ3n) is 3.89. The molecule has 1 atom stereocenters. The summed E-state index contributed by atoms with van der Waals surface area (Å²) in [5, 5.41) is 8.63. The van der Waals surface area contributed by atoms with Gasteiger partial charge < -0.3 is 4.65 Å². The predicted octanol–water partition coefficient (Wildman–Crippen LogP) is 2.65. The van der Waals surface area contributed by atoms with Crippen LogP contribution >= 0.6 is 9.24 Å². The molecule has 0 bridgehead atoms. The topological polar surface area (TPSA) is 50.1 Å². The molecule has 21 heavy (non-hydrogen) atoms. The third-order valence-corrected chi connectivity index (χ3v) is 4.58. The molecule has 0 aromatic heterocycles. The van der Waals surface area contributed by atoms with E-state index in [-0.39, 0.29) is 5.16 Å². The Balaban J connectivity index is 3.01. The van der Waals surface area contributed by atoms with Crippen molar-refractivity contribution in [3.05, 3.63) is 29.3 Å². The van der Waals surface area contributed by atoms with E-state index < -0.39 is 5.60 Å². The van der Waals surface area contributed by atoms with Gasteiger partial charge in [-0.3, -0.25) is 4.79 Å². The number of benzene rings is 1. The number of rotatable bonds is 7. The lowest BCUT2D eigenvalue weighted by Crippen LogP contribution is -2.46. The van der Waals surface area contributed by atoms with E-state index in [9.17, 15) is 4.79 Å². The molecule has 0 saturated carbocycles. The molecule has 1 radical (unpaired) electrons. The van der Waals surface area contributed by atoms with Crippen molar-refractivity contribution in [2.75, 3.05) is 0 Å². The molecule has 1 unspecified atom stereocenters. The van der Waals surface area contributed by atoms with Crippen LogP contribution in [0.25, 0.3) is 0 Å². The van der Waals surface area contributed by atoms with Crippen molar-refractivity contribution < 1.29 is 9.45 Å². The van der Waals surface area contributed by atoms with Crippen LogP contribution in [0.15, 0.2) is 18.2 Å². The predicted molar refractivity (Wildman–Crippen MR) is 90.1 cm³/mol. The van der Waals surface area contributed by atoms with Crippen LogP contribution in [0.2, 0.25) is 0 Å². The number of carbonyl (C=O) groups is 1. The second kappa shape index (κ2) is 7.21. The number of hydrogen-bond donors (Lipinski definition) is 0. The van der Waals surface area contributed by atoms with E-state index in [1.54, 1.807) is 13.5 Å². The molecule has 0 aliphatic heterocycles. The summed E-state index contributed by atoms with van der Waals surface area (Å²) in [7, 11) is 4.43. The summed E-state index contributed by atoms with van der Waals surface area (Å²) < 4.78 is 5.96. The minimum Gasteiger partial charge on any atom is -0.429 e. The van der Waals surface area contributed by atoms with Crippen LogP contribution in [0.1, 0.15) is 50.0 Å². The molecule has 1 aromatic rings. The summed E-state index contributed by atoms with van der Waals surface area (Å²) in [5.41, 5.74) is 1.91. The highest BCUT2D eigenvalue weighted by Gasteiger charge is 2.34. The van der Waals surface area contributed by atoms with Gasteiger partial charge in [0.1, 0.15) is 6.29 Å². The SMILES string of the molecule is CC(C)(P)C(C)(C)O[B]c1c(C=O)cccc1CCC#N. The number of carbonyl (C=O) groups excluding carboxylic acids is 1. The zero-order valence-electron chi connectivity index (χ0n) is 13.1. The van der Waals surface area contributed by atoms with Crippen molar-refractivity contribution in [3.63, 3.8) is 0 Å². The zero-order chi connectivity index (χ0) is 16.1. The lowest BCUT2D eigenvalue weighted by Gasteiger charge is -2.39. The van der Waals surface area contributed by atoms with Crippen LogP contribution in [0.3, 0.4) is 0 Å². The quantitative estimate of drug-likeness (QED) is 0.442. The zero-order valence-corrected chi connectivity index (χ0v) is 14.3. The molecule has 0 saturated heterocycles. The molecule has 1 aromatic carbocycles. The van der Waals surface area contributed by atoms with E-state index in [0.717, 1.165) is 17.3 Å². The largest absolute Gasteiger partial charge is 0.429 e. The molecule has 0 spiro atoms. The Hall–Kier alpha value is -1.17. The highest BCUT2D eigenvalue weighted by molar-refractivity contribution is 7.19. The summed E-state index contributed by atoms with van der Waals surface area (Å²) in [5.74, 6) is 0. The van der Waals surface area contributed by atoms with Crippen LogP contribution in [-0.2, 0) is 11.1 Å². The molecule has 0 heterocycles. The number of aryl methyl sites for hydroxylation is 1. The summed E-state index contributed by atoms with van der Waals surface area (Å²) in [6, 6.07) is 7.65. The summed E-state index contributed by atoms with van der Waals surface area (Å²) in [6.45, 7) is 8.17. The fourth-order valence-corrected chi connectivity index (χ4v) is 1.71. The Kier molecular flexibility index (Phi) is 6.14. The first-order valence-corrected chi connectivity index (χ1v) is 7.54. The Morgan fingerprint density at radius 1 is 1.38 bits per heavy atom. The minimum atomic E-state index is -0.403. The van der Waals surface area contributed by atoms with Crippen LogP contribution < -0.4 is 5.46 Å². The van der Waals surface area contributed by atoms with Crippen LogP contribution in [0, 0.1) is 11.3 Å². The summed E-state index contributed by atoms with van der Waals surface area (Å²) in [6.07, 6.45) is 1.85. The number of nitriles is 1. The Bertz CT molecular complexity index is 544. The van der Waals surface area contributed by atoms with E-state index in [1.165, 1.54) is 0 Å². The van der Waals surface area contributed by atoms with Crippen LogP contribution in [0.5, 0.6) is 0 Å². The van der Waals surface area contributed by atoms with E-state index in [0.29, 0.717) is 18.4 Å². The van der Waals surface area contributed by atoms with Crippen molar-refractivity contribution >= 4 is 28.5 Å². The van der Waals surface area contributed by atoms with Gasteiger partial charge in [0, 0.05) is 17.1 Å². The molecule has 0 N–H and O–H groups in total. The lowest BCUT2D eigenvalue weighted by atomic mass is 9.77. The van der Waals surface area contributed by atoms with Crippen molar-refractivity contribution in [1.82, 2.24) is 0 Å². The lowest BCUT2D eigenvalue weighted by molar-refractivity contribution is 0.0839. The van der Waals surface area contributed by atoms with Gasteiger partial charge in [0.15, 0.2) is 0 Å². The van der Waals surface area contributed by atoms with Crippen LogP contribution in [-0.4, -0.2) is 24.5 Å². The molecule has 0 aliphatic rings. The average molecular weight is 302 g/mol. The van der Waals surface area contributed by atoms with Gasteiger partial charge in [0.25, 0.3) is 0 Å². The second-order valence-electron chi connectivity index (χ2n) is 6.16. The highest BCUT2D eigenvalue weighted by atomic mass is 31.0. The molecular formula is C16H22BNO2P. The van der Waals surface area contributed by atoms with Gasteiger partial charge in [-0.1, -0.05) is 32.0 Å². The molecule has 0 aliphatic carbocycles. The first-order valence-electron chi connectivity index (χ1n) is 6.97. The van der Waals surface area contributed by atoms with Crippen molar-refractivity contribution in [2.24, 2.45) is 0 Å². The maximum atomic E-state index is 11.2. The van der Waals surface area contributed by atoms with Crippen molar-refractivity contribution in [3.8, 4) is 6.07 Å². The normalized spacial score (nSPS) is 11.8. The summed E-state index contributed by atoms with van der Waals surface area (Å²) in [4.78, 5) is 11.2. The van der Waals surface area contributed by atoms with Gasteiger partial charge in [-0.2, -0.15) is 5.26 Å². The molecule has 0 fully saturated rings. The smallest absolute Gasteiger partial charge is 0.331 e. The van der Waals surface area contributed by atoms with Gasteiger partial charge in [-0.25, -0.2) is 0 Å². The van der Waals surface area contributed by atoms with Gasteiger partial charge in [-0.05, 0) is 31.3 Å².